The second-order valence-electron chi connectivity index (χ2n) is 11.1. The molecule has 0 radical (unpaired) electrons. The van der Waals surface area contributed by atoms with E-state index in [1.807, 2.05) is 6.08 Å². The van der Waals surface area contributed by atoms with Crippen LogP contribution in [-0.4, -0.2) is 66.4 Å². The lowest BCUT2D eigenvalue weighted by atomic mass is 9.56. The molecule has 2 aliphatic heterocycles. The van der Waals surface area contributed by atoms with Gasteiger partial charge in [0.15, 0.2) is 9.75 Å². The van der Waals surface area contributed by atoms with E-state index in [1.165, 1.54) is 18.1 Å². The number of imide groups is 2. The first kappa shape index (κ1) is 26.5. The largest absolute Gasteiger partial charge is 0.508 e. The molecule has 4 amide bonds. The topological polar surface area (TPSA) is 104 Å². The average molecular weight is 614 g/mol. The number of carbonyl (C=O) groups excluding carboxylic acids is 4. The molecule has 1 N–H and O–H groups in total. The van der Waals surface area contributed by atoms with Crippen LogP contribution in [0.25, 0.3) is 0 Å². The molecule has 4 aliphatic rings. The maximum absolute atomic E-state index is 13.8. The Morgan fingerprint density at radius 1 is 1.11 bits per heavy atom. The summed E-state index contributed by atoms with van der Waals surface area (Å²) in [6.45, 7) is 5.40. The van der Waals surface area contributed by atoms with Gasteiger partial charge >= 0.3 is 0 Å². The van der Waals surface area contributed by atoms with E-state index in [1.54, 1.807) is 32.9 Å². The third-order valence-corrected chi connectivity index (χ3v) is 10.1. The molecule has 6 atom stereocenters. The second-order valence-corrected chi connectivity index (χ2v) is 12.8. The lowest BCUT2D eigenvalue weighted by Crippen LogP contribution is -2.60. The Hall–Kier alpha value is -2.10. The number of allylic oxidation sites excluding steroid dienone is 2. The molecule has 2 heterocycles. The Labute approximate surface area is 233 Å². The third-order valence-electron chi connectivity index (χ3n) is 8.23. The van der Waals surface area contributed by atoms with E-state index in [0.29, 0.717) is 11.3 Å². The smallest absolute Gasteiger partial charge is 0.254 e. The summed E-state index contributed by atoms with van der Waals surface area (Å²) in [4.78, 5) is 52.8. The van der Waals surface area contributed by atoms with Crippen LogP contribution in [0.4, 0.5) is 0 Å². The van der Waals surface area contributed by atoms with E-state index in [2.05, 4.69) is 15.9 Å². The van der Waals surface area contributed by atoms with Crippen LogP contribution in [-0.2, 0) is 19.2 Å². The summed E-state index contributed by atoms with van der Waals surface area (Å²) in [5, 5.41) is 11.0. The molecule has 1 aromatic rings. The SMILES string of the molecule is COc1ccc([C@H]2C3=CC[C@@H]4C(=O)N(C(C)(C)C)C(=O)[C@@H]4[C@@H]3C[C@@]3(Cl)C(=O)N(CBr)C(=O)[C@@]23Cl)c(O)c1. The van der Waals surface area contributed by atoms with Gasteiger partial charge in [-0.15, -0.1) is 23.2 Å². The molecule has 0 unspecified atom stereocenters. The number of likely N-dealkylation sites (tertiary alicyclic amines) is 2. The number of carbonyl (C=O) groups is 4. The van der Waals surface area contributed by atoms with Crippen LogP contribution in [0.3, 0.4) is 0 Å². The maximum Gasteiger partial charge on any atom is 0.254 e. The minimum absolute atomic E-state index is 0.0937. The monoisotopic (exact) mass is 612 g/mol. The number of benzene rings is 1. The second kappa shape index (κ2) is 8.45. The first-order valence-electron chi connectivity index (χ1n) is 12.0. The van der Waals surface area contributed by atoms with Crippen molar-refractivity contribution in [3.8, 4) is 11.5 Å². The minimum Gasteiger partial charge on any atom is -0.508 e. The van der Waals surface area contributed by atoms with Gasteiger partial charge in [0.2, 0.25) is 11.8 Å². The number of fused-ring (bicyclic) bond motifs is 4. The molecule has 198 valence electrons. The number of aromatic hydroxyl groups is 1. The van der Waals surface area contributed by atoms with Crippen LogP contribution in [0.2, 0.25) is 0 Å². The molecule has 0 spiro atoms. The van der Waals surface area contributed by atoms with Crippen LogP contribution < -0.4 is 4.74 Å². The number of ether oxygens (including phenoxy) is 1. The number of alkyl halides is 3. The number of amides is 4. The van der Waals surface area contributed by atoms with Crippen LogP contribution in [0.1, 0.15) is 45.1 Å². The fraction of sp³-hybridized carbons (Fsp3) is 0.538. The van der Waals surface area contributed by atoms with Gasteiger partial charge in [0, 0.05) is 23.1 Å². The predicted octanol–water partition coefficient (Wildman–Crippen LogP) is 3.91. The number of nitrogens with zero attached hydrogens (tertiary/aromatic N) is 2. The van der Waals surface area contributed by atoms with Crippen molar-refractivity contribution in [1.29, 1.82) is 0 Å². The fourth-order valence-electron chi connectivity index (χ4n) is 6.65. The summed E-state index contributed by atoms with van der Waals surface area (Å²) in [6.07, 6.45) is 2.02. The lowest BCUT2D eigenvalue weighted by molar-refractivity contribution is -0.146. The highest BCUT2D eigenvalue weighted by molar-refractivity contribution is 9.09. The Balaban J connectivity index is 1.73. The van der Waals surface area contributed by atoms with Gasteiger partial charge in [-0.1, -0.05) is 33.6 Å². The van der Waals surface area contributed by atoms with Crippen LogP contribution >= 0.6 is 39.1 Å². The number of hydrogen-bond donors (Lipinski definition) is 1. The van der Waals surface area contributed by atoms with Gasteiger partial charge in [0.05, 0.1) is 24.4 Å². The third kappa shape index (κ3) is 3.32. The summed E-state index contributed by atoms with van der Waals surface area (Å²) < 4.78 is 5.22. The van der Waals surface area contributed by atoms with Crippen molar-refractivity contribution in [2.45, 2.75) is 54.8 Å². The molecule has 1 aromatic carbocycles. The Morgan fingerprint density at radius 2 is 1.78 bits per heavy atom. The van der Waals surface area contributed by atoms with E-state index in [-0.39, 0.29) is 41.4 Å². The highest BCUT2D eigenvalue weighted by Gasteiger charge is 2.76. The van der Waals surface area contributed by atoms with E-state index in [4.69, 9.17) is 27.9 Å². The molecule has 0 bridgehead atoms. The van der Waals surface area contributed by atoms with Gasteiger partial charge in [-0.05, 0) is 45.6 Å². The summed E-state index contributed by atoms with van der Waals surface area (Å²) >= 11 is 17.5. The van der Waals surface area contributed by atoms with Crippen LogP contribution in [0.15, 0.2) is 29.8 Å². The zero-order valence-electron chi connectivity index (χ0n) is 20.8. The molecule has 1 saturated carbocycles. The highest BCUT2D eigenvalue weighted by atomic mass is 79.9. The van der Waals surface area contributed by atoms with Gasteiger partial charge < -0.3 is 9.84 Å². The highest BCUT2D eigenvalue weighted by Crippen LogP contribution is 2.66. The molecule has 0 aromatic heterocycles. The molecular weight excluding hydrogens is 587 g/mol. The molecule has 2 saturated heterocycles. The quantitative estimate of drug-likeness (QED) is 0.240. The number of hydrogen-bond acceptors (Lipinski definition) is 6. The number of methoxy groups -OCH3 is 1. The van der Waals surface area contributed by atoms with Crippen molar-refractivity contribution in [3.05, 3.63) is 35.4 Å². The lowest BCUT2D eigenvalue weighted by Gasteiger charge is -2.50. The minimum atomic E-state index is -1.96. The summed E-state index contributed by atoms with van der Waals surface area (Å²) in [5.41, 5.74) is 0.0778. The van der Waals surface area contributed by atoms with Crippen molar-refractivity contribution in [1.82, 2.24) is 9.80 Å². The van der Waals surface area contributed by atoms with Crippen molar-refractivity contribution >= 4 is 62.8 Å². The molecule has 37 heavy (non-hydrogen) atoms. The van der Waals surface area contributed by atoms with Crippen molar-refractivity contribution in [2.24, 2.45) is 17.8 Å². The molecule has 2 aliphatic carbocycles. The van der Waals surface area contributed by atoms with E-state index in [0.717, 1.165) is 4.90 Å². The zero-order chi connectivity index (χ0) is 27.2. The summed E-state index contributed by atoms with van der Waals surface area (Å²) in [7, 11) is 1.46. The van der Waals surface area contributed by atoms with E-state index in [9.17, 15) is 24.3 Å². The predicted molar refractivity (Wildman–Crippen MR) is 140 cm³/mol. The van der Waals surface area contributed by atoms with Gasteiger partial charge in [0.1, 0.15) is 11.5 Å². The molecular formula is C26H27BrCl2N2O6. The first-order chi connectivity index (χ1) is 17.2. The number of phenolic OH excluding ortho intramolecular Hbond substituents is 1. The van der Waals surface area contributed by atoms with Gasteiger partial charge in [-0.3, -0.25) is 29.0 Å². The van der Waals surface area contributed by atoms with E-state index >= 15 is 0 Å². The van der Waals surface area contributed by atoms with E-state index < -0.39 is 50.8 Å². The van der Waals surface area contributed by atoms with Crippen molar-refractivity contribution in [3.63, 3.8) is 0 Å². The number of rotatable bonds is 3. The Kier molecular flexibility index (Phi) is 6.05. The summed E-state index contributed by atoms with van der Waals surface area (Å²) in [5.74, 6) is -4.76. The van der Waals surface area contributed by atoms with Crippen molar-refractivity contribution in [2.75, 3.05) is 12.6 Å². The first-order valence-corrected chi connectivity index (χ1v) is 13.9. The van der Waals surface area contributed by atoms with Crippen molar-refractivity contribution < 1.29 is 29.0 Å². The van der Waals surface area contributed by atoms with Crippen LogP contribution in [0, 0.1) is 17.8 Å². The van der Waals surface area contributed by atoms with Gasteiger partial charge in [-0.25, -0.2) is 0 Å². The van der Waals surface area contributed by atoms with Gasteiger partial charge in [0.25, 0.3) is 11.8 Å². The molecule has 11 heteroatoms. The molecule has 5 rings (SSSR count). The number of phenols is 1. The summed E-state index contributed by atoms with van der Waals surface area (Å²) in [6, 6.07) is 4.61. The fourth-order valence-corrected chi connectivity index (χ4v) is 8.07. The number of halogens is 3. The normalized spacial score (nSPS) is 35.4. The maximum atomic E-state index is 13.8. The standard InChI is InChI=1S/C26H27BrCl2N2O6/c1-24(2,3)31-20(33)15-8-7-13-16(18(15)21(31)34)10-25(28)22(35)30(11-27)23(36)26(25,29)19(13)14-6-5-12(37-4)9-17(14)32/h5-7,9,15-16,18-19,32H,8,10-11H2,1-4H3/t15-,16+,18-,19+,25+,26-/m0/s1. The Morgan fingerprint density at radius 3 is 2.35 bits per heavy atom. The molecule has 8 nitrogen and oxygen atoms in total. The van der Waals surface area contributed by atoms with Gasteiger partial charge in [-0.2, -0.15) is 0 Å². The van der Waals surface area contributed by atoms with Crippen LogP contribution in [0.5, 0.6) is 11.5 Å². The Bertz CT molecular complexity index is 1280. The average Bonchev–Trinajstić information content (AvgIpc) is 3.17. The molecule has 3 fully saturated rings. The zero-order valence-corrected chi connectivity index (χ0v) is 23.9.